The van der Waals surface area contributed by atoms with Gasteiger partial charge in [-0.1, -0.05) is 23.9 Å². The van der Waals surface area contributed by atoms with Crippen LogP contribution < -0.4 is 15.8 Å². The van der Waals surface area contributed by atoms with Crippen molar-refractivity contribution in [2.75, 3.05) is 0 Å². The fourth-order valence-corrected chi connectivity index (χ4v) is 5.32. The molecule has 0 fully saturated rings. The van der Waals surface area contributed by atoms with Crippen LogP contribution in [0.4, 0.5) is 34.1 Å². The molecule has 56 heavy (non-hydrogen) atoms. The van der Waals surface area contributed by atoms with Crippen LogP contribution in [0.15, 0.2) is 115 Å². The molecule has 2 aromatic heterocycles. The Balaban J connectivity index is 0.000000248. The molecule has 21 nitrogen and oxygen atoms in total. The minimum Gasteiger partial charge on any atom is -0.871 e. The Bertz CT molecular complexity index is 2680. The third kappa shape index (κ3) is 9.17. The SMILES string of the molecule is Cc1[nH]n(-c2ccccc2)c(=O)c1N=Nc1ccc([N+](=O)[O-])cc1[O-].Cc1cc(N=Nc2c(C)nn(-c3ccc(S(=O)(=O)O)cc3)c2[O-])c([OH2+])c([N+](=O)[O-])c1.[Cr+3]. The van der Waals surface area contributed by atoms with E-state index in [0.29, 0.717) is 16.9 Å². The molecule has 1 radical (unpaired) electrons. The molecule has 0 aliphatic heterocycles. The van der Waals surface area contributed by atoms with Gasteiger partial charge in [0.05, 0.1) is 43.2 Å². The number of H-pyrrole nitrogens is 1. The number of nitro groups is 2. The van der Waals surface area contributed by atoms with Crippen molar-refractivity contribution in [2.24, 2.45) is 20.5 Å². The fraction of sp³-hybridized carbons (Fsp3) is 0.0909. The van der Waals surface area contributed by atoms with Gasteiger partial charge in [0.15, 0.2) is 11.4 Å². The number of non-ortho nitro benzene ring substituents is 1. The molecule has 0 bridgehead atoms. The molecule has 4 N–H and O–H groups in total. The minimum atomic E-state index is -4.38. The largest absolute Gasteiger partial charge is 3.00 e. The number of nitrogens with one attached hydrogen (secondary N) is 1. The standard InChI is InChI=1S/C17H15N5O7S.C16H13N5O4.Cr/c1-9-7-13(16(23)14(8-9)22(25)26)18-19-15-10(2)20-21(17(15)24)11-3-5-12(6-4-11)30(27,28)29;1-10-15(16(23)20(19-10)11-5-3-2-4-6-11)18-17-13-8-7-12(21(24)25)9-14(13)22;/h3-8,23-24H,1-2H3,(H,27,28,29);2-9,19,22H,1H3;/q;;+3/p-1. The molecule has 0 saturated carbocycles. The van der Waals surface area contributed by atoms with E-state index in [1.165, 1.54) is 41.9 Å². The molecule has 6 rings (SSSR count). The molecule has 0 amide bonds. The van der Waals surface area contributed by atoms with Gasteiger partial charge in [-0.05, 0) is 74.9 Å². The van der Waals surface area contributed by atoms with Crippen molar-refractivity contribution in [2.45, 2.75) is 25.7 Å². The molecule has 285 valence electrons. The van der Waals surface area contributed by atoms with Crippen LogP contribution in [0.3, 0.4) is 0 Å². The second-order valence-corrected chi connectivity index (χ2v) is 12.8. The maximum absolute atomic E-state index is 12.6. The molecule has 0 aliphatic carbocycles. The van der Waals surface area contributed by atoms with E-state index in [9.17, 15) is 43.7 Å². The number of nitro benzene ring substituents is 2. The van der Waals surface area contributed by atoms with Gasteiger partial charge in [0.25, 0.3) is 21.4 Å². The van der Waals surface area contributed by atoms with Crippen LogP contribution in [-0.4, -0.2) is 47.5 Å². The van der Waals surface area contributed by atoms with Crippen LogP contribution in [0.25, 0.3) is 11.4 Å². The number of azo groups is 2. The maximum atomic E-state index is 12.6. The van der Waals surface area contributed by atoms with E-state index in [0.717, 1.165) is 28.9 Å². The number of hydrogen-bond donors (Lipinski definition) is 2. The summed E-state index contributed by atoms with van der Waals surface area (Å²) in [5.41, 5.74) is 0.624. The average Bonchev–Trinajstić information content (AvgIpc) is 3.59. The predicted octanol–water partition coefficient (Wildman–Crippen LogP) is 5.44. The number of benzene rings is 4. The molecule has 0 atom stereocenters. The summed E-state index contributed by atoms with van der Waals surface area (Å²) < 4.78 is 33.6. The summed E-state index contributed by atoms with van der Waals surface area (Å²) in [5, 5.41) is 76.2. The van der Waals surface area contributed by atoms with Crippen molar-refractivity contribution in [3.8, 4) is 28.8 Å². The molecule has 4 aromatic carbocycles. The molecule has 6 aromatic rings. The van der Waals surface area contributed by atoms with E-state index in [2.05, 4.69) is 30.7 Å². The minimum absolute atomic E-state index is 0. The molecule has 23 heteroatoms. The maximum Gasteiger partial charge on any atom is 3.00 e. The second kappa shape index (κ2) is 17.0. The molecule has 0 saturated heterocycles. The number of aryl methyl sites for hydroxylation is 3. The van der Waals surface area contributed by atoms with E-state index in [-0.39, 0.29) is 62.1 Å². The van der Waals surface area contributed by atoms with Gasteiger partial charge in [0.1, 0.15) is 5.69 Å². The second-order valence-electron chi connectivity index (χ2n) is 11.4. The first-order valence-electron chi connectivity index (χ1n) is 15.5. The summed E-state index contributed by atoms with van der Waals surface area (Å²) in [6, 6.07) is 19.6. The summed E-state index contributed by atoms with van der Waals surface area (Å²) in [5.74, 6) is -1.74. The quantitative estimate of drug-likeness (QED) is 0.0608. The van der Waals surface area contributed by atoms with E-state index in [1.807, 2.05) is 6.07 Å². The van der Waals surface area contributed by atoms with Gasteiger partial charge in [-0.15, -0.1) is 15.3 Å². The summed E-state index contributed by atoms with van der Waals surface area (Å²) in [4.78, 5) is 32.4. The summed E-state index contributed by atoms with van der Waals surface area (Å²) in [6.07, 6.45) is 0. The Morgan fingerprint density at radius 3 is 2.02 bits per heavy atom. The van der Waals surface area contributed by atoms with Crippen LogP contribution in [0.5, 0.6) is 17.4 Å². The molecule has 0 unspecified atom stereocenters. The number of aromatic amines is 1. The Morgan fingerprint density at radius 2 is 1.43 bits per heavy atom. The number of rotatable bonds is 9. The van der Waals surface area contributed by atoms with E-state index in [4.69, 9.17) is 9.66 Å². The molecular formula is C33H27CrN10O11S+2. The molecule has 0 spiro atoms. The summed E-state index contributed by atoms with van der Waals surface area (Å²) in [7, 11) is -4.38. The van der Waals surface area contributed by atoms with E-state index in [1.54, 1.807) is 38.1 Å². The number of hydrogen-bond acceptors (Lipinski definition) is 14. The van der Waals surface area contributed by atoms with Crippen molar-refractivity contribution in [1.29, 1.82) is 0 Å². The van der Waals surface area contributed by atoms with Gasteiger partial charge in [-0.25, -0.2) is 9.36 Å². The Hall–Kier alpha value is -7.06. The van der Waals surface area contributed by atoms with E-state index < -0.39 is 48.6 Å². The van der Waals surface area contributed by atoms with Crippen LogP contribution in [0.1, 0.15) is 17.0 Å². The Kier molecular flexibility index (Phi) is 12.6. The number of aromatic nitrogens is 4. The first-order chi connectivity index (χ1) is 26.0. The number of para-hydroxylation sites is 1. The fourth-order valence-electron chi connectivity index (χ4n) is 4.84. The van der Waals surface area contributed by atoms with Crippen molar-refractivity contribution < 1.29 is 55.5 Å². The third-order valence-electron chi connectivity index (χ3n) is 7.53. The zero-order valence-electron chi connectivity index (χ0n) is 29.0. The van der Waals surface area contributed by atoms with Crippen molar-refractivity contribution in [3.05, 3.63) is 132 Å². The Labute approximate surface area is 325 Å². The first-order valence-corrected chi connectivity index (χ1v) is 16.9. The van der Waals surface area contributed by atoms with Gasteiger partial charge < -0.3 is 15.3 Å². The zero-order valence-corrected chi connectivity index (χ0v) is 31.1. The van der Waals surface area contributed by atoms with Crippen molar-refractivity contribution in [3.63, 3.8) is 0 Å². The van der Waals surface area contributed by atoms with Crippen molar-refractivity contribution in [1.82, 2.24) is 19.6 Å². The topological polar surface area (TPSA) is 315 Å². The smallest absolute Gasteiger partial charge is 0.871 e. The van der Waals surface area contributed by atoms with Gasteiger partial charge in [-0.2, -0.15) is 18.6 Å². The van der Waals surface area contributed by atoms with Gasteiger partial charge >= 0.3 is 28.8 Å². The van der Waals surface area contributed by atoms with Gasteiger partial charge in [0, 0.05) is 24.1 Å². The van der Waals surface area contributed by atoms with Gasteiger partial charge in [-0.3, -0.25) is 34.7 Å². The summed E-state index contributed by atoms with van der Waals surface area (Å²) in [6.45, 7) is 4.76. The van der Waals surface area contributed by atoms with Crippen LogP contribution in [0, 0.1) is 41.0 Å². The van der Waals surface area contributed by atoms with Gasteiger partial charge in [0.2, 0.25) is 0 Å². The Morgan fingerprint density at radius 1 is 0.804 bits per heavy atom. The van der Waals surface area contributed by atoms with Crippen LogP contribution in [-0.2, 0) is 27.5 Å². The van der Waals surface area contributed by atoms with E-state index >= 15 is 0 Å². The summed E-state index contributed by atoms with van der Waals surface area (Å²) >= 11 is 0. The monoisotopic (exact) mass is 823 g/mol. The predicted molar refractivity (Wildman–Crippen MR) is 190 cm³/mol. The zero-order chi connectivity index (χ0) is 40.2. The third-order valence-corrected chi connectivity index (χ3v) is 8.40. The van der Waals surface area contributed by atoms with Crippen molar-refractivity contribution >= 4 is 44.2 Å². The first kappa shape index (κ1) is 41.7. The normalized spacial score (nSPS) is 11.3. The van der Waals surface area contributed by atoms with Crippen LogP contribution in [0.2, 0.25) is 0 Å². The van der Waals surface area contributed by atoms with Crippen LogP contribution >= 0.6 is 0 Å². The average molecular weight is 824 g/mol. The number of nitrogens with zero attached hydrogens (tertiary/aromatic N) is 9. The molecule has 2 heterocycles. The molecule has 0 aliphatic rings. The molecular weight excluding hydrogens is 796 g/mol.